The van der Waals surface area contributed by atoms with E-state index < -0.39 is 6.04 Å². The van der Waals surface area contributed by atoms with Gasteiger partial charge >= 0.3 is 0 Å². The maximum Gasteiger partial charge on any atom is 0.266 e. The molecule has 1 atom stereocenters. The molecule has 0 fully saturated rings. The molecule has 1 heterocycles. The fourth-order valence-electron chi connectivity index (χ4n) is 4.21. The summed E-state index contributed by atoms with van der Waals surface area (Å²) in [5, 5.41) is 1.40. The third-order valence-electron chi connectivity index (χ3n) is 5.76. The van der Waals surface area contributed by atoms with Gasteiger partial charge in [0.05, 0.1) is 33.2 Å². The summed E-state index contributed by atoms with van der Waals surface area (Å²) in [5.41, 5.74) is 1.41. The zero-order valence-corrected chi connectivity index (χ0v) is 20.6. The van der Waals surface area contributed by atoms with Crippen LogP contribution in [0, 0.1) is 0 Å². The molecule has 0 spiro atoms. The second-order valence-corrected chi connectivity index (χ2v) is 8.85. The van der Waals surface area contributed by atoms with Gasteiger partial charge in [-0.3, -0.25) is 14.2 Å². The van der Waals surface area contributed by atoms with E-state index in [-0.39, 0.29) is 11.5 Å². The molecular formula is C27H25Cl2N3O2. The molecule has 5 nitrogen and oxygen atoms in total. The Labute approximate surface area is 208 Å². The number of aromatic nitrogens is 2. The minimum atomic E-state index is -0.458. The zero-order chi connectivity index (χ0) is 24.2. The Morgan fingerprint density at radius 3 is 2.44 bits per heavy atom. The molecule has 1 unspecified atom stereocenters. The highest BCUT2D eigenvalue weighted by Gasteiger charge is 2.30. The lowest BCUT2D eigenvalue weighted by Gasteiger charge is -2.32. The standard InChI is InChI=1S/C27H25Cl2N3O2/c1-3-16-31(26(33)20-12-5-7-14-22(20)29)24(4-2)25-30-23-15-8-6-13-21(23)27(34)32(25)19-11-9-10-18(28)17-19/h5-15,17,24H,3-4,16H2,1-2H3. The Bertz CT molecular complexity index is 1400. The maximum atomic E-state index is 13.7. The van der Waals surface area contributed by atoms with Crippen LogP contribution in [0.15, 0.2) is 77.6 Å². The number of nitrogens with zero attached hydrogens (tertiary/aromatic N) is 3. The van der Waals surface area contributed by atoms with Gasteiger partial charge in [-0.25, -0.2) is 4.98 Å². The number of carbonyl (C=O) groups excluding carboxylic acids is 1. The third kappa shape index (κ3) is 4.59. The highest BCUT2D eigenvalue weighted by Crippen LogP contribution is 2.29. The van der Waals surface area contributed by atoms with Crippen molar-refractivity contribution in [2.75, 3.05) is 6.54 Å². The molecule has 0 aliphatic heterocycles. The molecule has 0 N–H and O–H groups in total. The SMILES string of the molecule is CCCN(C(=O)c1ccccc1Cl)C(CC)c1nc2ccccc2c(=O)n1-c1cccc(Cl)c1. The van der Waals surface area contributed by atoms with E-state index in [9.17, 15) is 9.59 Å². The summed E-state index contributed by atoms with van der Waals surface area (Å²) in [5.74, 6) is 0.293. The van der Waals surface area contributed by atoms with E-state index in [0.717, 1.165) is 6.42 Å². The number of hydrogen-bond acceptors (Lipinski definition) is 3. The predicted molar refractivity (Wildman–Crippen MR) is 138 cm³/mol. The lowest BCUT2D eigenvalue weighted by molar-refractivity contribution is 0.0659. The van der Waals surface area contributed by atoms with E-state index in [2.05, 4.69) is 0 Å². The fraction of sp³-hybridized carbons (Fsp3) is 0.222. The summed E-state index contributed by atoms with van der Waals surface area (Å²) in [6.07, 6.45) is 1.29. The van der Waals surface area contributed by atoms with E-state index in [1.54, 1.807) is 58.0 Å². The fourth-order valence-corrected chi connectivity index (χ4v) is 4.61. The van der Waals surface area contributed by atoms with E-state index in [1.165, 1.54) is 0 Å². The van der Waals surface area contributed by atoms with Crippen molar-refractivity contribution in [1.82, 2.24) is 14.5 Å². The second kappa shape index (κ2) is 10.4. The van der Waals surface area contributed by atoms with E-state index in [1.807, 2.05) is 38.1 Å². The molecule has 0 radical (unpaired) electrons. The van der Waals surface area contributed by atoms with Crippen LogP contribution in [0.5, 0.6) is 0 Å². The zero-order valence-electron chi connectivity index (χ0n) is 19.0. The molecule has 1 aromatic heterocycles. The quantitative estimate of drug-likeness (QED) is 0.288. The third-order valence-corrected chi connectivity index (χ3v) is 6.32. The van der Waals surface area contributed by atoms with Crippen molar-refractivity contribution in [2.24, 2.45) is 0 Å². The summed E-state index contributed by atoms with van der Waals surface area (Å²) >= 11 is 12.6. The molecular weight excluding hydrogens is 469 g/mol. The van der Waals surface area contributed by atoms with Gasteiger partial charge in [0, 0.05) is 11.6 Å². The Kier molecular flexibility index (Phi) is 7.35. The lowest BCUT2D eigenvalue weighted by atomic mass is 10.1. The Morgan fingerprint density at radius 2 is 1.74 bits per heavy atom. The van der Waals surface area contributed by atoms with Crippen molar-refractivity contribution < 1.29 is 4.79 Å². The Hall–Kier alpha value is -3.15. The van der Waals surface area contributed by atoms with Crippen molar-refractivity contribution in [2.45, 2.75) is 32.7 Å². The van der Waals surface area contributed by atoms with Crippen LogP contribution >= 0.6 is 23.2 Å². The van der Waals surface area contributed by atoms with Gasteiger partial charge in [0.1, 0.15) is 5.82 Å². The van der Waals surface area contributed by atoms with Crippen molar-refractivity contribution >= 4 is 40.0 Å². The number of amides is 1. The molecule has 174 valence electrons. The summed E-state index contributed by atoms with van der Waals surface area (Å²) < 4.78 is 1.57. The van der Waals surface area contributed by atoms with Gasteiger partial charge in [-0.05, 0) is 55.3 Å². The number of benzene rings is 3. The molecule has 0 aliphatic carbocycles. The average molecular weight is 494 g/mol. The number of para-hydroxylation sites is 1. The van der Waals surface area contributed by atoms with Crippen LogP contribution in [-0.4, -0.2) is 26.9 Å². The molecule has 3 aromatic carbocycles. The van der Waals surface area contributed by atoms with Gasteiger partial charge in [-0.1, -0.05) is 67.4 Å². The van der Waals surface area contributed by atoms with E-state index >= 15 is 0 Å². The molecule has 0 saturated heterocycles. The van der Waals surface area contributed by atoms with E-state index in [4.69, 9.17) is 28.2 Å². The number of carbonyl (C=O) groups is 1. The average Bonchev–Trinajstić information content (AvgIpc) is 2.84. The lowest BCUT2D eigenvalue weighted by Crippen LogP contribution is -2.39. The normalized spacial score (nSPS) is 12.0. The van der Waals surface area contributed by atoms with Gasteiger partial charge < -0.3 is 4.90 Å². The second-order valence-electron chi connectivity index (χ2n) is 8.01. The minimum absolute atomic E-state index is 0.195. The monoisotopic (exact) mass is 493 g/mol. The smallest absolute Gasteiger partial charge is 0.266 e. The summed E-state index contributed by atoms with van der Waals surface area (Å²) in [7, 11) is 0. The van der Waals surface area contributed by atoms with Gasteiger partial charge in [0.25, 0.3) is 11.5 Å². The first kappa shape index (κ1) is 24.0. The molecule has 4 aromatic rings. The van der Waals surface area contributed by atoms with Gasteiger partial charge in [0.2, 0.25) is 0 Å². The molecule has 1 amide bonds. The number of fused-ring (bicyclic) bond motifs is 1. The van der Waals surface area contributed by atoms with Crippen molar-refractivity contribution in [1.29, 1.82) is 0 Å². The first-order valence-electron chi connectivity index (χ1n) is 11.3. The summed E-state index contributed by atoms with van der Waals surface area (Å²) in [6.45, 7) is 4.48. The highest BCUT2D eigenvalue weighted by molar-refractivity contribution is 6.33. The van der Waals surface area contributed by atoms with Crippen molar-refractivity contribution in [3.8, 4) is 5.69 Å². The number of halogens is 2. The Balaban J connectivity index is 1.97. The van der Waals surface area contributed by atoms with Crippen LogP contribution in [0.4, 0.5) is 0 Å². The first-order chi connectivity index (χ1) is 16.5. The van der Waals surface area contributed by atoms with Gasteiger partial charge in [-0.2, -0.15) is 0 Å². The van der Waals surface area contributed by atoms with Crippen LogP contribution in [0.2, 0.25) is 10.0 Å². The largest absolute Gasteiger partial charge is 0.328 e. The van der Waals surface area contributed by atoms with Crippen LogP contribution in [0.25, 0.3) is 16.6 Å². The van der Waals surface area contributed by atoms with E-state index in [0.29, 0.717) is 51.0 Å². The van der Waals surface area contributed by atoms with Crippen LogP contribution in [-0.2, 0) is 0 Å². The van der Waals surface area contributed by atoms with Crippen LogP contribution < -0.4 is 5.56 Å². The molecule has 34 heavy (non-hydrogen) atoms. The van der Waals surface area contributed by atoms with Crippen LogP contribution in [0.3, 0.4) is 0 Å². The highest BCUT2D eigenvalue weighted by atomic mass is 35.5. The first-order valence-corrected chi connectivity index (χ1v) is 12.0. The van der Waals surface area contributed by atoms with Crippen molar-refractivity contribution in [3.05, 3.63) is 105 Å². The molecule has 7 heteroatoms. The summed E-state index contributed by atoms with van der Waals surface area (Å²) in [6, 6.07) is 20.9. The van der Waals surface area contributed by atoms with Gasteiger partial charge in [0.15, 0.2) is 0 Å². The minimum Gasteiger partial charge on any atom is -0.328 e. The van der Waals surface area contributed by atoms with Crippen LogP contribution in [0.1, 0.15) is 48.9 Å². The predicted octanol–water partition coefficient (Wildman–Crippen LogP) is 6.70. The summed E-state index contributed by atoms with van der Waals surface area (Å²) in [4.78, 5) is 34.1. The molecule has 4 rings (SSSR count). The maximum absolute atomic E-state index is 13.7. The number of hydrogen-bond donors (Lipinski definition) is 0. The molecule has 0 aliphatic rings. The molecule has 0 bridgehead atoms. The molecule has 0 saturated carbocycles. The van der Waals surface area contributed by atoms with Gasteiger partial charge in [-0.15, -0.1) is 0 Å². The topological polar surface area (TPSA) is 55.2 Å². The number of rotatable bonds is 7. The van der Waals surface area contributed by atoms with Crippen molar-refractivity contribution in [3.63, 3.8) is 0 Å². The Morgan fingerprint density at radius 1 is 1.00 bits per heavy atom.